The van der Waals surface area contributed by atoms with Crippen molar-refractivity contribution in [1.82, 2.24) is 0 Å². The molecule has 3 nitrogen and oxygen atoms in total. The lowest BCUT2D eigenvalue weighted by molar-refractivity contribution is -0.120. The maximum atomic E-state index is 10.9. The average molecular weight is 144 g/mol. The van der Waals surface area contributed by atoms with E-state index in [4.69, 9.17) is 11.5 Å². The summed E-state index contributed by atoms with van der Waals surface area (Å²) in [6, 6.07) is -0.284. The van der Waals surface area contributed by atoms with E-state index in [0.29, 0.717) is 13.0 Å². The van der Waals surface area contributed by atoms with Crippen molar-refractivity contribution in [2.45, 2.75) is 32.2 Å². The minimum Gasteiger partial charge on any atom is -0.330 e. The Balaban J connectivity index is 3.41. The molecule has 0 aromatic heterocycles. The molecule has 0 rings (SSSR count). The van der Waals surface area contributed by atoms with E-state index in [9.17, 15) is 4.79 Å². The van der Waals surface area contributed by atoms with Crippen LogP contribution in [0.2, 0.25) is 0 Å². The third-order valence-corrected chi connectivity index (χ3v) is 1.48. The van der Waals surface area contributed by atoms with Crippen LogP contribution < -0.4 is 11.5 Å². The zero-order valence-corrected chi connectivity index (χ0v) is 6.47. The molecule has 0 spiro atoms. The van der Waals surface area contributed by atoms with Gasteiger partial charge in [-0.15, -0.1) is 0 Å². The van der Waals surface area contributed by atoms with Gasteiger partial charge >= 0.3 is 0 Å². The molecule has 0 saturated heterocycles. The number of carbonyl (C=O) groups is 1. The Kier molecular flexibility index (Phi) is 5.16. The topological polar surface area (TPSA) is 69.1 Å². The van der Waals surface area contributed by atoms with Gasteiger partial charge in [-0.05, 0) is 19.4 Å². The molecule has 3 heteroatoms. The molecule has 0 aliphatic rings. The Labute approximate surface area is 61.8 Å². The highest BCUT2D eigenvalue weighted by atomic mass is 16.1. The fourth-order valence-corrected chi connectivity index (χ4v) is 0.761. The van der Waals surface area contributed by atoms with Gasteiger partial charge in [-0.1, -0.05) is 6.92 Å². The minimum absolute atomic E-state index is 0.133. The molecule has 0 saturated carbocycles. The van der Waals surface area contributed by atoms with Gasteiger partial charge in [-0.25, -0.2) is 0 Å². The van der Waals surface area contributed by atoms with Gasteiger partial charge in [0.25, 0.3) is 0 Å². The molecule has 0 aromatic rings. The third-order valence-electron chi connectivity index (χ3n) is 1.48. The van der Waals surface area contributed by atoms with Crippen molar-refractivity contribution < 1.29 is 4.79 Å². The van der Waals surface area contributed by atoms with Gasteiger partial charge in [0.2, 0.25) is 0 Å². The molecule has 10 heavy (non-hydrogen) atoms. The lowest BCUT2D eigenvalue weighted by atomic mass is 10.1. The molecule has 0 amide bonds. The fourth-order valence-electron chi connectivity index (χ4n) is 0.761. The highest BCUT2D eigenvalue weighted by molar-refractivity contribution is 5.83. The Hall–Kier alpha value is -0.410. The van der Waals surface area contributed by atoms with Crippen molar-refractivity contribution in [3.05, 3.63) is 0 Å². The van der Waals surface area contributed by atoms with Gasteiger partial charge in [-0.2, -0.15) is 0 Å². The quantitative estimate of drug-likeness (QED) is 0.572. The second-order valence-corrected chi connectivity index (χ2v) is 2.36. The molecular formula is C7H16N2O. The van der Waals surface area contributed by atoms with E-state index >= 15 is 0 Å². The maximum Gasteiger partial charge on any atom is 0.149 e. The van der Waals surface area contributed by atoms with Crippen LogP contribution in [0.5, 0.6) is 0 Å². The summed E-state index contributed by atoms with van der Waals surface area (Å²) in [5.41, 5.74) is 10.8. The molecular weight excluding hydrogens is 128 g/mol. The molecule has 0 aliphatic heterocycles. The summed E-state index contributed by atoms with van der Waals surface area (Å²) < 4.78 is 0. The summed E-state index contributed by atoms with van der Waals surface area (Å²) in [6.07, 6.45) is 2.10. The van der Waals surface area contributed by atoms with E-state index < -0.39 is 0 Å². The SMILES string of the molecule is CCC(=O)[C@@H](N)CCCN. The Morgan fingerprint density at radius 2 is 2.20 bits per heavy atom. The largest absolute Gasteiger partial charge is 0.330 e. The predicted octanol–water partition coefficient (Wildman–Crippen LogP) is 0.0317. The molecule has 0 unspecified atom stereocenters. The second kappa shape index (κ2) is 5.38. The first kappa shape index (κ1) is 9.59. The van der Waals surface area contributed by atoms with Crippen molar-refractivity contribution in [3.63, 3.8) is 0 Å². The second-order valence-electron chi connectivity index (χ2n) is 2.36. The Bertz CT molecular complexity index is 104. The lowest BCUT2D eigenvalue weighted by Gasteiger charge is -2.06. The van der Waals surface area contributed by atoms with Gasteiger partial charge in [0.15, 0.2) is 0 Å². The van der Waals surface area contributed by atoms with Crippen molar-refractivity contribution in [1.29, 1.82) is 0 Å². The van der Waals surface area contributed by atoms with Crippen LogP contribution in [0.25, 0.3) is 0 Å². The van der Waals surface area contributed by atoms with Gasteiger partial charge in [-0.3, -0.25) is 4.79 Å². The number of Topliss-reactive ketones (excluding diaryl/α,β-unsaturated/α-hetero) is 1. The van der Waals surface area contributed by atoms with Crippen LogP contribution in [0.4, 0.5) is 0 Å². The fraction of sp³-hybridized carbons (Fsp3) is 0.857. The molecule has 0 heterocycles. The van der Waals surface area contributed by atoms with Crippen LogP contribution in [0.15, 0.2) is 0 Å². The van der Waals surface area contributed by atoms with Crippen LogP contribution in [-0.4, -0.2) is 18.4 Å². The van der Waals surface area contributed by atoms with Gasteiger partial charge in [0.1, 0.15) is 5.78 Å². The summed E-state index contributed by atoms with van der Waals surface area (Å²) in [6.45, 7) is 2.44. The smallest absolute Gasteiger partial charge is 0.149 e. The zero-order valence-electron chi connectivity index (χ0n) is 6.47. The van der Waals surface area contributed by atoms with Crippen molar-refractivity contribution in [3.8, 4) is 0 Å². The minimum atomic E-state index is -0.284. The van der Waals surface area contributed by atoms with Crippen LogP contribution >= 0.6 is 0 Å². The number of carbonyl (C=O) groups excluding carboxylic acids is 1. The van der Waals surface area contributed by atoms with Crippen LogP contribution in [0.1, 0.15) is 26.2 Å². The molecule has 0 bridgehead atoms. The summed E-state index contributed by atoms with van der Waals surface area (Å²) in [7, 11) is 0. The van der Waals surface area contributed by atoms with Crippen LogP contribution in [0.3, 0.4) is 0 Å². The number of hydrogen-bond acceptors (Lipinski definition) is 3. The Morgan fingerprint density at radius 1 is 1.60 bits per heavy atom. The third kappa shape index (κ3) is 3.58. The number of nitrogens with two attached hydrogens (primary N) is 2. The van der Waals surface area contributed by atoms with Crippen molar-refractivity contribution >= 4 is 5.78 Å². The summed E-state index contributed by atoms with van der Waals surface area (Å²) >= 11 is 0. The Morgan fingerprint density at radius 3 is 2.60 bits per heavy atom. The number of hydrogen-bond donors (Lipinski definition) is 2. The highest BCUT2D eigenvalue weighted by Crippen LogP contribution is 1.96. The van der Waals surface area contributed by atoms with E-state index in [2.05, 4.69) is 0 Å². The van der Waals surface area contributed by atoms with Crippen molar-refractivity contribution in [2.24, 2.45) is 11.5 Å². The summed E-state index contributed by atoms with van der Waals surface area (Å²) in [4.78, 5) is 10.9. The average Bonchev–Trinajstić information content (AvgIpc) is 1.98. The highest BCUT2D eigenvalue weighted by Gasteiger charge is 2.08. The lowest BCUT2D eigenvalue weighted by Crippen LogP contribution is -2.30. The predicted molar refractivity (Wildman–Crippen MR) is 41.6 cm³/mol. The molecule has 0 aliphatic carbocycles. The van der Waals surface area contributed by atoms with Crippen LogP contribution in [-0.2, 0) is 4.79 Å². The van der Waals surface area contributed by atoms with Crippen molar-refractivity contribution in [2.75, 3.05) is 6.54 Å². The molecule has 0 aromatic carbocycles. The number of ketones is 1. The molecule has 60 valence electrons. The van der Waals surface area contributed by atoms with Gasteiger partial charge < -0.3 is 11.5 Å². The first-order valence-electron chi connectivity index (χ1n) is 3.70. The molecule has 1 atom stereocenters. The zero-order chi connectivity index (χ0) is 7.98. The van der Waals surface area contributed by atoms with Gasteiger partial charge in [0, 0.05) is 6.42 Å². The normalized spacial score (nSPS) is 13.1. The van der Waals surface area contributed by atoms with Gasteiger partial charge in [0.05, 0.1) is 6.04 Å². The van der Waals surface area contributed by atoms with E-state index in [1.807, 2.05) is 6.92 Å². The van der Waals surface area contributed by atoms with E-state index in [1.54, 1.807) is 0 Å². The summed E-state index contributed by atoms with van der Waals surface area (Å²) in [5, 5.41) is 0. The molecule has 4 N–H and O–H groups in total. The van der Waals surface area contributed by atoms with E-state index in [0.717, 1.165) is 12.8 Å². The standard InChI is InChI=1S/C7H16N2O/c1-2-7(10)6(9)4-3-5-8/h6H,2-5,8-9H2,1H3/t6-/m0/s1. The van der Waals surface area contributed by atoms with E-state index in [1.165, 1.54) is 0 Å². The first-order chi connectivity index (χ1) is 4.72. The van der Waals surface area contributed by atoms with E-state index in [-0.39, 0.29) is 11.8 Å². The monoisotopic (exact) mass is 144 g/mol. The first-order valence-corrected chi connectivity index (χ1v) is 3.70. The maximum absolute atomic E-state index is 10.9. The molecule has 0 radical (unpaired) electrons. The molecule has 0 fully saturated rings. The van der Waals surface area contributed by atoms with Crippen LogP contribution in [0, 0.1) is 0 Å². The summed E-state index contributed by atoms with van der Waals surface area (Å²) in [5.74, 6) is 0.133. The number of rotatable bonds is 5.